The van der Waals surface area contributed by atoms with Crippen molar-refractivity contribution >= 4 is 11.3 Å². The number of thiophene rings is 1. The normalized spacial score (nSPS) is 10.8. The molecule has 0 fully saturated rings. The average molecular weight is 295 g/mol. The summed E-state index contributed by atoms with van der Waals surface area (Å²) >= 11 is 1.34. The summed E-state index contributed by atoms with van der Waals surface area (Å²) in [7, 11) is 0. The highest BCUT2D eigenvalue weighted by atomic mass is 32.1. The van der Waals surface area contributed by atoms with Crippen LogP contribution in [0, 0.1) is 11.3 Å². The van der Waals surface area contributed by atoms with Crippen LogP contribution in [0.25, 0.3) is 22.2 Å². The second kappa shape index (κ2) is 5.51. The summed E-state index contributed by atoms with van der Waals surface area (Å²) in [4.78, 5) is 5.84. The Labute approximate surface area is 126 Å². The minimum atomic E-state index is 0.449. The van der Waals surface area contributed by atoms with Crippen molar-refractivity contribution in [3.05, 3.63) is 46.8 Å². The van der Waals surface area contributed by atoms with Crippen LogP contribution in [0.5, 0.6) is 0 Å². The monoisotopic (exact) mass is 295 g/mol. The smallest absolute Gasteiger partial charge is 0.268 e. The van der Waals surface area contributed by atoms with Gasteiger partial charge in [0, 0.05) is 5.56 Å². The van der Waals surface area contributed by atoms with Gasteiger partial charge in [-0.1, -0.05) is 43.3 Å². The highest BCUT2D eigenvalue weighted by Gasteiger charge is 2.13. The molecule has 0 aliphatic rings. The molecule has 0 bridgehead atoms. The molecular weight excluding hydrogens is 282 g/mol. The predicted octanol–water partition coefficient (Wildman–Crippen LogP) is 4.46. The van der Waals surface area contributed by atoms with Crippen molar-refractivity contribution < 1.29 is 4.52 Å². The van der Waals surface area contributed by atoms with E-state index in [4.69, 9.17) is 9.78 Å². The zero-order chi connectivity index (χ0) is 14.8. The minimum absolute atomic E-state index is 0.449. The summed E-state index contributed by atoms with van der Waals surface area (Å²) in [5, 5.41) is 12.9. The molecule has 0 spiro atoms. The number of hydrogen-bond acceptors (Lipinski definition) is 5. The Morgan fingerprint density at radius 3 is 2.52 bits per heavy atom. The highest BCUT2D eigenvalue weighted by molar-refractivity contribution is 7.15. The molecule has 104 valence electrons. The Balaban J connectivity index is 1.89. The van der Waals surface area contributed by atoms with Gasteiger partial charge in [-0.2, -0.15) is 10.2 Å². The van der Waals surface area contributed by atoms with Gasteiger partial charge < -0.3 is 4.52 Å². The van der Waals surface area contributed by atoms with Crippen LogP contribution in [0.2, 0.25) is 0 Å². The standard InChI is InChI=1S/C16H13N3OS/c1-10(2)11-3-5-12(6-4-11)15-18-16(20-19-15)14-8-7-13(9-17)21-14/h3-8,10H,1-2H3. The lowest BCUT2D eigenvalue weighted by molar-refractivity contribution is 0.433. The zero-order valence-corrected chi connectivity index (χ0v) is 12.5. The van der Waals surface area contributed by atoms with E-state index in [1.54, 1.807) is 6.07 Å². The van der Waals surface area contributed by atoms with Crippen molar-refractivity contribution in [3.63, 3.8) is 0 Å². The third kappa shape index (κ3) is 2.71. The second-order valence-corrected chi connectivity index (χ2v) is 6.06. The third-order valence-electron chi connectivity index (χ3n) is 3.19. The van der Waals surface area contributed by atoms with Gasteiger partial charge in [-0.3, -0.25) is 0 Å². The van der Waals surface area contributed by atoms with Crippen molar-refractivity contribution in [2.75, 3.05) is 0 Å². The van der Waals surface area contributed by atoms with E-state index in [1.807, 2.05) is 18.2 Å². The van der Waals surface area contributed by atoms with Gasteiger partial charge in [-0.15, -0.1) is 11.3 Å². The number of hydrogen-bond donors (Lipinski definition) is 0. The number of aromatic nitrogens is 2. The minimum Gasteiger partial charge on any atom is -0.333 e. The van der Waals surface area contributed by atoms with Crippen molar-refractivity contribution in [3.8, 4) is 28.2 Å². The molecule has 0 aliphatic heterocycles. The fourth-order valence-corrected chi connectivity index (χ4v) is 2.70. The van der Waals surface area contributed by atoms with Gasteiger partial charge in [0.2, 0.25) is 5.82 Å². The summed E-state index contributed by atoms with van der Waals surface area (Å²) < 4.78 is 5.28. The molecule has 0 saturated carbocycles. The third-order valence-corrected chi connectivity index (χ3v) is 4.17. The summed E-state index contributed by atoms with van der Waals surface area (Å²) in [6, 6.07) is 13.8. The first-order valence-corrected chi connectivity index (χ1v) is 7.43. The molecule has 2 heterocycles. The lowest BCUT2D eigenvalue weighted by Gasteiger charge is -2.04. The van der Waals surface area contributed by atoms with E-state index in [0.717, 1.165) is 10.4 Å². The Hall–Kier alpha value is -2.45. The number of rotatable bonds is 3. The summed E-state index contributed by atoms with van der Waals surface area (Å²) in [5.41, 5.74) is 2.20. The number of nitriles is 1. The highest BCUT2D eigenvalue weighted by Crippen LogP contribution is 2.28. The van der Waals surface area contributed by atoms with E-state index in [1.165, 1.54) is 16.9 Å². The van der Waals surface area contributed by atoms with Crippen molar-refractivity contribution in [1.29, 1.82) is 5.26 Å². The number of nitrogens with zero attached hydrogens (tertiary/aromatic N) is 3. The maximum atomic E-state index is 8.85. The van der Waals surface area contributed by atoms with E-state index in [-0.39, 0.29) is 0 Å². The molecule has 5 heteroatoms. The molecule has 0 aliphatic carbocycles. The second-order valence-electron chi connectivity index (χ2n) is 4.98. The average Bonchev–Trinajstić information content (AvgIpc) is 3.16. The molecule has 3 rings (SSSR count). The van der Waals surface area contributed by atoms with Gasteiger partial charge in [0.15, 0.2) is 0 Å². The molecule has 3 aromatic rings. The van der Waals surface area contributed by atoms with Crippen molar-refractivity contribution in [2.24, 2.45) is 0 Å². The van der Waals surface area contributed by atoms with Crippen molar-refractivity contribution in [1.82, 2.24) is 10.1 Å². The molecule has 0 unspecified atom stereocenters. The Morgan fingerprint density at radius 1 is 1.14 bits per heavy atom. The van der Waals surface area contributed by atoms with E-state index < -0.39 is 0 Å². The maximum absolute atomic E-state index is 8.85. The molecule has 0 radical (unpaired) electrons. The van der Waals surface area contributed by atoms with Gasteiger partial charge in [-0.05, 0) is 23.6 Å². The maximum Gasteiger partial charge on any atom is 0.268 e. The van der Waals surface area contributed by atoms with Crippen LogP contribution in [0.4, 0.5) is 0 Å². The molecule has 0 atom stereocenters. The van der Waals surface area contributed by atoms with Gasteiger partial charge in [0.25, 0.3) is 5.89 Å². The number of benzene rings is 1. The van der Waals surface area contributed by atoms with Crippen LogP contribution < -0.4 is 0 Å². The fourth-order valence-electron chi connectivity index (χ4n) is 1.97. The van der Waals surface area contributed by atoms with Crippen LogP contribution in [0.3, 0.4) is 0 Å². The van der Waals surface area contributed by atoms with Crippen LogP contribution in [0.15, 0.2) is 40.9 Å². The molecule has 0 N–H and O–H groups in total. The zero-order valence-electron chi connectivity index (χ0n) is 11.7. The largest absolute Gasteiger partial charge is 0.333 e. The first-order chi connectivity index (χ1) is 10.2. The first-order valence-electron chi connectivity index (χ1n) is 6.61. The predicted molar refractivity (Wildman–Crippen MR) is 81.9 cm³/mol. The Morgan fingerprint density at radius 2 is 1.90 bits per heavy atom. The van der Waals surface area contributed by atoms with E-state index in [2.05, 4.69) is 42.2 Å². The van der Waals surface area contributed by atoms with Gasteiger partial charge in [0.05, 0.1) is 4.88 Å². The lowest BCUT2D eigenvalue weighted by Crippen LogP contribution is -1.87. The van der Waals surface area contributed by atoms with Gasteiger partial charge in [-0.25, -0.2) is 0 Å². The summed E-state index contributed by atoms with van der Waals surface area (Å²) in [6.07, 6.45) is 0. The molecule has 0 saturated heterocycles. The topological polar surface area (TPSA) is 62.7 Å². The van der Waals surface area contributed by atoms with E-state index in [9.17, 15) is 0 Å². The van der Waals surface area contributed by atoms with Gasteiger partial charge in [0.1, 0.15) is 10.9 Å². The molecule has 2 aromatic heterocycles. The molecule has 1 aromatic carbocycles. The fraction of sp³-hybridized carbons (Fsp3) is 0.188. The summed E-state index contributed by atoms with van der Waals surface area (Å²) in [6.45, 7) is 4.32. The molecule has 4 nitrogen and oxygen atoms in total. The molecular formula is C16H13N3OS. The quantitative estimate of drug-likeness (QED) is 0.715. The Bertz CT molecular complexity index is 794. The molecule has 21 heavy (non-hydrogen) atoms. The van der Waals surface area contributed by atoms with Crippen LogP contribution >= 0.6 is 11.3 Å². The van der Waals surface area contributed by atoms with Crippen molar-refractivity contribution in [2.45, 2.75) is 19.8 Å². The van der Waals surface area contributed by atoms with Gasteiger partial charge >= 0.3 is 0 Å². The van der Waals surface area contributed by atoms with Crippen LogP contribution in [-0.2, 0) is 0 Å². The van der Waals surface area contributed by atoms with E-state index >= 15 is 0 Å². The van der Waals surface area contributed by atoms with Crippen LogP contribution in [-0.4, -0.2) is 10.1 Å². The SMILES string of the molecule is CC(C)c1ccc(-c2noc(-c3ccc(C#N)s3)n2)cc1. The van der Waals surface area contributed by atoms with E-state index in [0.29, 0.717) is 22.5 Å². The molecule has 0 amide bonds. The first kappa shape index (κ1) is 13.5. The summed E-state index contributed by atoms with van der Waals surface area (Å²) in [5.74, 6) is 1.51. The van der Waals surface area contributed by atoms with Crippen LogP contribution in [0.1, 0.15) is 30.2 Å². The lowest BCUT2D eigenvalue weighted by atomic mass is 10.0. The Kier molecular flexibility index (Phi) is 3.55.